The van der Waals surface area contributed by atoms with Crippen molar-refractivity contribution in [3.63, 3.8) is 0 Å². The minimum atomic E-state index is -0.248. The number of hydrogen-bond donors (Lipinski definition) is 3. The number of pyridine rings is 1. The van der Waals surface area contributed by atoms with Crippen LogP contribution in [0.15, 0.2) is 73.2 Å². The smallest absolute Gasteiger partial charge is 0.256 e. The molecule has 0 aliphatic carbocycles. The number of fused-ring (bicyclic) bond motifs is 1. The molecule has 5 N–H and O–H groups in total. The number of nitrogens with one attached hydrogen (secondary N) is 1. The molecule has 9 heteroatoms. The van der Waals surface area contributed by atoms with Crippen molar-refractivity contribution < 1.29 is 4.79 Å². The topological polar surface area (TPSA) is 138 Å². The van der Waals surface area contributed by atoms with E-state index in [1.54, 1.807) is 23.0 Å². The van der Waals surface area contributed by atoms with Gasteiger partial charge in [-0.05, 0) is 48.4 Å². The largest absolute Gasteiger partial charge is 0.398 e. The van der Waals surface area contributed by atoms with E-state index in [0.717, 1.165) is 16.7 Å². The van der Waals surface area contributed by atoms with Gasteiger partial charge in [-0.25, -0.2) is 19.6 Å². The van der Waals surface area contributed by atoms with Crippen molar-refractivity contribution in [3.8, 4) is 11.3 Å². The number of carbonyl (C=O) groups is 1. The van der Waals surface area contributed by atoms with Crippen LogP contribution in [0.1, 0.15) is 21.5 Å². The molecule has 3 heterocycles. The maximum atomic E-state index is 12.7. The maximum absolute atomic E-state index is 12.7. The molecule has 9 nitrogen and oxygen atoms in total. The van der Waals surface area contributed by atoms with E-state index in [1.807, 2.05) is 55.5 Å². The number of para-hydroxylation sites is 1. The van der Waals surface area contributed by atoms with Crippen molar-refractivity contribution in [2.24, 2.45) is 0 Å². The van der Waals surface area contributed by atoms with Gasteiger partial charge < -0.3 is 16.8 Å². The summed E-state index contributed by atoms with van der Waals surface area (Å²) < 4.78 is 1.76. The van der Waals surface area contributed by atoms with Gasteiger partial charge in [-0.15, -0.1) is 0 Å². The van der Waals surface area contributed by atoms with Crippen LogP contribution in [0.4, 0.5) is 17.3 Å². The van der Waals surface area contributed by atoms with Gasteiger partial charge >= 0.3 is 0 Å². The van der Waals surface area contributed by atoms with E-state index in [0.29, 0.717) is 46.2 Å². The Bertz CT molecular complexity index is 1510. The predicted molar refractivity (Wildman–Crippen MR) is 132 cm³/mol. The Balaban J connectivity index is 1.48. The fourth-order valence-corrected chi connectivity index (χ4v) is 3.75. The van der Waals surface area contributed by atoms with Crippen molar-refractivity contribution in [1.82, 2.24) is 24.7 Å². The van der Waals surface area contributed by atoms with Crippen LogP contribution in [0.2, 0.25) is 0 Å². The van der Waals surface area contributed by atoms with Gasteiger partial charge in [-0.3, -0.25) is 4.79 Å². The van der Waals surface area contributed by atoms with Crippen LogP contribution in [0.25, 0.3) is 22.3 Å². The number of carbonyl (C=O) groups excluding carboxylic acids is 1. The van der Waals surface area contributed by atoms with Gasteiger partial charge in [0.2, 0.25) is 0 Å². The summed E-state index contributed by atoms with van der Waals surface area (Å²) in [6, 6.07) is 18.4. The number of amides is 1. The van der Waals surface area contributed by atoms with Crippen molar-refractivity contribution in [1.29, 1.82) is 0 Å². The molecule has 168 valence electrons. The Hall–Kier alpha value is -4.79. The quantitative estimate of drug-likeness (QED) is 0.347. The van der Waals surface area contributed by atoms with E-state index in [-0.39, 0.29) is 5.91 Å². The molecule has 5 aromatic rings. The zero-order chi connectivity index (χ0) is 23.7. The van der Waals surface area contributed by atoms with E-state index >= 15 is 0 Å². The van der Waals surface area contributed by atoms with Gasteiger partial charge in [0.15, 0.2) is 5.65 Å². The first-order valence-electron chi connectivity index (χ1n) is 10.6. The number of anilines is 3. The molecule has 0 bridgehead atoms. The lowest BCUT2D eigenvalue weighted by Gasteiger charge is -2.06. The van der Waals surface area contributed by atoms with E-state index in [4.69, 9.17) is 16.6 Å². The third-order valence-electron chi connectivity index (χ3n) is 5.51. The van der Waals surface area contributed by atoms with E-state index < -0.39 is 0 Å². The Morgan fingerprint density at radius 2 is 1.79 bits per heavy atom. The molecule has 5 rings (SSSR count). The monoisotopic (exact) mass is 450 g/mol. The highest BCUT2D eigenvalue weighted by atomic mass is 16.1. The number of rotatable bonds is 5. The molecular weight excluding hydrogens is 428 g/mol. The van der Waals surface area contributed by atoms with Crippen LogP contribution in [0.3, 0.4) is 0 Å². The minimum absolute atomic E-state index is 0.248. The molecule has 0 radical (unpaired) electrons. The van der Waals surface area contributed by atoms with Crippen molar-refractivity contribution in [3.05, 3.63) is 89.9 Å². The first-order valence-corrected chi connectivity index (χ1v) is 10.6. The summed E-state index contributed by atoms with van der Waals surface area (Å²) in [5.74, 6) is 0.589. The number of aromatic nitrogens is 5. The minimum Gasteiger partial charge on any atom is -0.398 e. The number of hydrogen-bond acceptors (Lipinski definition) is 7. The van der Waals surface area contributed by atoms with Crippen molar-refractivity contribution >= 4 is 34.3 Å². The Labute approximate surface area is 195 Å². The van der Waals surface area contributed by atoms with Crippen LogP contribution in [-0.4, -0.2) is 30.6 Å². The van der Waals surface area contributed by atoms with Gasteiger partial charge in [0.05, 0.1) is 11.9 Å². The Morgan fingerprint density at radius 1 is 1.00 bits per heavy atom. The lowest BCUT2D eigenvalue weighted by atomic mass is 10.1. The van der Waals surface area contributed by atoms with Crippen LogP contribution in [0.5, 0.6) is 0 Å². The summed E-state index contributed by atoms with van der Waals surface area (Å²) >= 11 is 0. The molecular formula is C25H22N8O. The summed E-state index contributed by atoms with van der Waals surface area (Å²) in [5, 5.41) is 8.24. The number of nitrogens with two attached hydrogens (primary N) is 2. The first kappa shape index (κ1) is 21.1. The molecule has 1 amide bonds. The van der Waals surface area contributed by atoms with Crippen LogP contribution >= 0.6 is 0 Å². The highest BCUT2D eigenvalue weighted by Crippen LogP contribution is 2.31. The highest BCUT2D eigenvalue weighted by molar-refractivity contribution is 6.04. The predicted octanol–water partition coefficient (Wildman–Crippen LogP) is 3.66. The zero-order valence-electron chi connectivity index (χ0n) is 18.4. The van der Waals surface area contributed by atoms with Gasteiger partial charge in [-0.1, -0.05) is 30.3 Å². The molecule has 2 aromatic carbocycles. The molecule has 0 saturated heterocycles. The standard InChI is InChI=1S/C25H22N8O/c1-15-10-11-28-20(12-15)31-25(34)17-8-6-16(7-9-17)22-21-23(27)29-14-30-24(21)33(32-22)13-18-4-2-3-5-19(18)26/h2-12,14H,13,26H2,1H3,(H2,27,29,30)(H,28,31,34). The molecule has 0 fully saturated rings. The highest BCUT2D eigenvalue weighted by Gasteiger charge is 2.18. The van der Waals surface area contributed by atoms with Crippen molar-refractivity contribution in [2.45, 2.75) is 13.5 Å². The normalized spacial score (nSPS) is 11.0. The average Bonchev–Trinajstić information content (AvgIpc) is 3.20. The molecule has 34 heavy (non-hydrogen) atoms. The molecule has 0 unspecified atom stereocenters. The van der Waals surface area contributed by atoms with Crippen LogP contribution < -0.4 is 16.8 Å². The third kappa shape index (κ3) is 4.02. The molecule has 0 saturated carbocycles. The van der Waals surface area contributed by atoms with E-state index in [2.05, 4.69) is 20.3 Å². The lowest BCUT2D eigenvalue weighted by molar-refractivity contribution is 0.102. The second-order valence-electron chi connectivity index (χ2n) is 7.91. The molecule has 0 aliphatic heterocycles. The summed E-state index contributed by atoms with van der Waals surface area (Å²) in [7, 11) is 0. The fourth-order valence-electron chi connectivity index (χ4n) is 3.75. The number of benzene rings is 2. The third-order valence-corrected chi connectivity index (χ3v) is 5.51. The van der Waals surface area contributed by atoms with E-state index in [9.17, 15) is 4.79 Å². The van der Waals surface area contributed by atoms with Gasteiger partial charge in [0.25, 0.3) is 5.91 Å². The summed E-state index contributed by atoms with van der Waals surface area (Å²) in [4.78, 5) is 25.4. The zero-order valence-corrected chi connectivity index (χ0v) is 18.4. The van der Waals surface area contributed by atoms with Gasteiger partial charge in [0, 0.05) is 23.0 Å². The maximum Gasteiger partial charge on any atom is 0.256 e. The number of nitrogen functional groups attached to an aromatic ring is 2. The van der Waals surface area contributed by atoms with Crippen LogP contribution in [0, 0.1) is 6.92 Å². The average molecular weight is 451 g/mol. The number of nitrogens with zero attached hydrogens (tertiary/aromatic N) is 5. The first-order chi connectivity index (χ1) is 16.5. The second kappa shape index (κ2) is 8.62. The van der Waals surface area contributed by atoms with Gasteiger partial charge in [-0.2, -0.15) is 5.10 Å². The van der Waals surface area contributed by atoms with Crippen LogP contribution in [-0.2, 0) is 6.54 Å². The SMILES string of the molecule is Cc1ccnc(NC(=O)c2ccc(-c3nn(Cc4ccccc4N)c4ncnc(N)c34)cc2)c1. The summed E-state index contributed by atoms with van der Waals surface area (Å²) in [6.45, 7) is 2.38. The number of aryl methyl sites for hydroxylation is 1. The second-order valence-corrected chi connectivity index (χ2v) is 7.91. The Morgan fingerprint density at radius 3 is 2.56 bits per heavy atom. The molecule has 0 spiro atoms. The summed E-state index contributed by atoms with van der Waals surface area (Å²) in [5.41, 5.74) is 17.5. The lowest BCUT2D eigenvalue weighted by Crippen LogP contribution is -2.12. The van der Waals surface area contributed by atoms with Crippen molar-refractivity contribution in [2.75, 3.05) is 16.8 Å². The van der Waals surface area contributed by atoms with Gasteiger partial charge in [0.1, 0.15) is 23.7 Å². The molecule has 3 aromatic heterocycles. The summed E-state index contributed by atoms with van der Waals surface area (Å²) in [6.07, 6.45) is 3.08. The molecule has 0 aliphatic rings. The molecule has 0 atom stereocenters. The van der Waals surface area contributed by atoms with E-state index in [1.165, 1.54) is 6.33 Å². The fraction of sp³-hybridized carbons (Fsp3) is 0.0800. The Kier molecular flexibility index (Phi) is 5.35.